The number of benzene rings is 1. The summed E-state index contributed by atoms with van der Waals surface area (Å²) in [4.78, 5) is 3.52. The van der Waals surface area contributed by atoms with Gasteiger partial charge in [0.2, 0.25) is 0 Å². The third-order valence-corrected chi connectivity index (χ3v) is 2.47. The molecule has 92 valence electrons. The van der Waals surface area contributed by atoms with Gasteiger partial charge < -0.3 is 0 Å². The molecule has 0 aliphatic rings. The highest BCUT2D eigenvalue weighted by atomic mass is 15.6. The molecule has 0 N–H and O–H groups in total. The van der Waals surface area contributed by atoms with Gasteiger partial charge in [-0.3, -0.25) is 4.90 Å². The van der Waals surface area contributed by atoms with E-state index in [4.69, 9.17) is 5.26 Å². The molecule has 0 aliphatic heterocycles. The van der Waals surface area contributed by atoms with Crippen molar-refractivity contribution in [1.82, 2.24) is 25.1 Å². The van der Waals surface area contributed by atoms with Crippen molar-refractivity contribution in [2.45, 2.75) is 13.1 Å². The van der Waals surface area contributed by atoms with E-state index in [0.29, 0.717) is 17.9 Å². The molecule has 2 rings (SSSR count). The molecule has 0 bridgehead atoms. The van der Waals surface area contributed by atoms with Gasteiger partial charge in [-0.15, -0.1) is 10.2 Å². The van der Waals surface area contributed by atoms with Crippen LogP contribution in [-0.4, -0.2) is 32.2 Å². The molecule has 0 atom stereocenters. The quantitative estimate of drug-likeness (QED) is 0.789. The number of aromatic nitrogens is 4. The van der Waals surface area contributed by atoms with Crippen LogP contribution >= 0.6 is 0 Å². The van der Waals surface area contributed by atoms with Gasteiger partial charge in [0.1, 0.15) is 0 Å². The summed E-state index contributed by atoms with van der Waals surface area (Å²) in [5.74, 6) is 0.691. The minimum Gasteiger partial charge on any atom is -0.295 e. The van der Waals surface area contributed by atoms with Gasteiger partial charge in [0.05, 0.1) is 25.2 Å². The van der Waals surface area contributed by atoms with Gasteiger partial charge in [-0.05, 0) is 30.0 Å². The van der Waals surface area contributed by atoms with Gasteiger partial charge in [0, 0.05) is 6.54 Å². The molecule has 0 fully saturated rings. The summed E-state index contributed by atoms with van der Waals surface area (Å²) >= 11 is 0. The van der Waals surface area contributed by atoms with Crippen LogP contribution in [-0.2, 0) is 20.1 Å². The molecule has 0 saturated heterocycles. The normalized spacial score (nSPS) is 10.6. The van der Waals surface area contributed by atoms with E-state index in [1.54, 1.807) is 13.1 Å². The monoisotopic (exact) mass is 242 g/mol. The predicted octanol–water partition coefficient (Wildman–Crippen LogP) is 0.714. The molecule has 0 saturated carbocycles. The first kappa shape index (κ1) is 12.2. The van der Waals surface area contributed by atoms with Gasteiger partial charge in [0.25, 0.3) is 0 Å². The molecule has 6 nitrogen and oxygen atoms in total. The van der Waals surface area contributed by atoms with E-state index in [1.165, 1.54) is 4.80 Å². The summed E-state index contributed by atoms with van der Waals surface area (Å²) in [7, 11) is 3.72. The molecule has 0 amide bonds. The Hall–Kier alpha value is -2.26. The Morgan fingerprint density at radius 1 is 1.39 bits per heavy atom. The number of nitriles is 1. The van der Waals surface area contributed by atoms with Crippen LogP contribution in [0.15, 0.2) is 24.3 Å². The summed E-state index contributed by atoms with van der Waals surface area (Å²) in [5.41, 5.74) is 1.78. The lowest BCUT2D eigenvalue weighted by atomic mass is 10.1. The molecule has 0 spiro atoms. The summed E-state index contributed by atoms with van der Waals surface area (Å²) in [5, 5.41) is 20.7. The minimum absolute atomic E-state index is 0.630. The van der Waals surface area contributed by atoms with Crippen molar-refractivity contribution in [3.63, 3.8) is 0 Å². The second-order valence-electron chi connectivity index (χ2n) is 4.18. The van der Waals surface area contributed by atoms with Crippen LogP contribution in [0, 0.1) is 11.3 Å². The van der Waals surface area contributed by atoms with E-state index in [-0.39, 0.29) is 0 Å². The average Bonchev–Trinajstić information content (AvgIpc) is 2.74. The number of aryl methyl sites for hydroxylation is 1. The van der Waals surface area contributed by atoms with E-state index in [2.05, 4.69) is 26.4 Å². The summed E-state index contributed by atoms with van der Waals surface area (Å²) < 4.78 is 0. The van der Waals surface area contributed by atoms with Crippen LogP contribution in [0.4, 0.5) is 0 Å². The fraction of sp³-hybridized carbons (Fsp3) is 0.333. The lowest BCUT2D eigenvalue weighted by molar-refractivity contribution is 0.310. The van der Waals surface area contributed by atoms with Crippen LogP contribution in [0.3, 0.4) is 0 Å². The van der Waals surface area contributed by atoms with Crippen molar-refractivity contribution < 1.29 is 0 Å². The third-order valence-electron chi connectivity index (χ3n) is 2.47. The second kappa shape index (κ2) is 5.38. The fourth-order valence-electron chi connectivity index (χ4n) is 1.73. The van der Waals surface area contributed by atoms with Crippen LogP contribution in [0.25, 0.3) is 0 Å². The Kier molecular flexibility index (Phi) is 3.65. The molecule has 0 radical (unpaired) electrons. The van der Waals surface area contributed by atoms with Crippen LogP contribution in [0.1, 0.15) is 17.0 Å². The van der Waals surface area contributed by atoms with Crippen molar-refractivity contribution >= 4 is 0 Å². The number of rotatable bonds is 4. The molecule has 0 unspecified atom stereocenters. The molecule has 0 aliphatic carbocycles. The third kappa shape index (κ3) is 3.12. The van der Waals surface area contributed by atoms with Gasteiger partial charge in [-0.1, -0.05) is 12.1 Å². The summed E-state index contributed by atoms with van der Waals surface area (Å²) in [6.45, 7) is 1.37. The molecule has 18 heavy (non-hydrogen) atoms. The van der Waals surface area contributed by atoms with Gasteiger partial charge in [0.15, 0.2) is 5.82 Å². The molecular weight excluding hydrogens is 228 g/mol. The summed E-state index contributed by atoms with van der Waals surface area (Å²) in [6, 6.07) is 9.72. The Bertz CT molecular complexity index is 568. The predicted molar refractivity (Wildman–Crippen MR) is 65.1 cm³/mol. The zero-order valence-corrected chi connectivity index (χ0v) is 10.4. The van der Waals surface area contributed by atoms with Gasteiger partial charge >= 0.3 is 0 Å². The average molecular weight is 242 g/mol. The van der Waals surface area contributed by atoms with E-state index >= 15 is 0 Å². The maximum Gasteiger partial charge on any atom is 0.188 e. The maximum absolute atomic E-state index is 8.84. The lowest BCUT2D eigenvalue weighted by Gasteiger charge is -2.14. The second-order valence-corrected chi connectivity index (χ2v) is 4.18. The molecule has 1 aromatic heterocycles. The number of tetrazole rings is 1. The first-order chi connectivity index (χ1) is 8.67. The SMILES string of the molecule is CN(Cc1cccc(C#N)c1)Cc1nnn(C)n1. The van der Waals surface area contributed by atoms with Crippen molar-refractivity contribution in [2.75, 3.05) is 7.05 Å². The molecule has 6 heteroatoms. The van der Waals surface area contributed by atoms with E-state index in [0.717, 1.165) is 12.1 Å². The van der Waals surface area contributed by atoms with Gasteiger partial charge in [-0.2, -0.15) is 10.1 Å². The Balaban J connectivity index is 1.98. The maximum atomic E-state index is 8.84. The first-order valence-electron chi connectivity index (χ1n) is 5.58. The van der Waals surface area contributed by atoms with Crippen LogP contribution in [0.2, 0.25) is 0 Å². The van der Waals surface area contributed by atoms with E-state index in [9.17, 15) is 0 Å². The highest BCUT2D eigenvalue weighted by Crippen LogP contribution is 2.07. The smallest absolute Gasteiger partial charge is 0.188 e. The highest BCUT2D eigenvalue weighted by molar-refractivity contribution is 5.32. The fourth-order valence-corrected chi connectivity index (χ4v) is 1.73. The zero-order chi connectivity index (χ0) is 13.0. The topological polar surface area (TPSA) is 70.6 Å². The Labute approximate surface area is 105 Å². The van der Waals surface area contributed by atoms with Crippen LogP contribution < -0.4 is 0 Å². The molecule has 1 heterocycles. The minimum atomic E-state index is 0.630. The molecule has 2 aromatic rings. The number of nitrogens with zero attached hydrogens (tertiary/aromatic N) is 6. The summed E-state index contributed by atoms with van der Waals surface area (Å²) in [6.07, 6.45) is 0. The Morgan fingerprint density at radius 2 is 2.22 bits per heavy atom. The number of hydrogen-bond acceptors (Lipinski definition) is 5. The van der Waals surface area contributed by atoms with Crippen molar-refractivity contribution in [3.05, 3.63) is 41.2 Å². The van der Waals surface area contributed by atoms with Crippen molar-refractivity contribution in [1.29, 1.82) is 5.26 Å². The lowest BCUT2D eigenvalue weighted by Crippen LogP contribution is -2.18. The van der Waals surface area contributed by atoms with Crippen molar-refractivity contribution in [3.8, 4) is 6.07 Å². The zero-order valence-electron chi connectivity index (χ0n) is 10.4. The molecule has 1 aromatic carbocycles. The van der Waals surface area contributed by atoms with E-state index < -0.39 is 0 Å². The highest BCUT2D eigenvalue weighted by Gasteiger charge is 2.06. The first-order valence-corrected chi connectivity index (χ1v) is 5.58. The number of hydrogen-bond donors (Lipinski definition) is 0. The Morgan fingerprint density at radius 3 is 2.89 bits per heavy atom. The van der Waals surface area contributed by atoms with Crippen molar-refractivity contribution in [2.24, 2.45) is 7.05 Å². The standard InChI is InChI=1S/C12H14N6/c1-17(9-12-14-16-18(2)15-12)8-11-5-3-4-10(6-11)7-13/h3-6H,8-9H2,1-2H3. The largest absolute Gasteiger partial charge is 0.295 e. The van der Waals surface area contributed by atoms with Crippen LogP contribution in [0.5, 0.6) is 0 Å². The van der Waals surface area contributed by atoms with Gasteiger partial charge in [-0.25, -0.2) is 0 Å². The molecular formula is C12H14N6. The van der Waals surface area contributed by atoms with E-state index in [1.807, 2.05) is 25.2 Å².